The van der Waals surface area contributed by atoms with Gasteiger partial charge in [0.15, 0.2) is 0 Å². The van der Waals surface area contributed by atoms with Crippen LogP contribution in [0.1, 0.15) is 46.5 Å². The van der Waals surface area contributed by atoms with Gasteiger partial charge in [-0.05, 0) is 20.3 Å². The van der Waals surface area contributed by atoms with Gasteiger partial charge in [0.25, 0.3) is 0 Å². The molecule has 0 aliphatic carbocycles. The van der Waals surface area contributed by atoms with E-state index in [2.05, 4.69) is 0 Å². The van der Waals surface area contributed by atoms with Crippen LogP contribution in [-0.4, -0.2) is 40.5 Å². The van der Waals surface area contributed by atoms with E-state index < -0.39 is 12.0 Å². The normalized spacial score (nSPS) is 14.1. The monoisotopic (exact) mass is 244 g/mol. The molecule has 5 heteroatoms. The van der Waals surface area contributed by atoms with Crippen LogP contribution in [0, 0.1) is 0 Å². The van der Waals surface area contributed by atoms with E-state index in [9.17, 15) is 9.59 Å². The van der Waals surface area contributed by atoms with Gasteiger partial charge in [-0.15, -0.1) is 0 Å². The Labute approximate surface area is 103 Å². The fraction of sp³-hybridized carbons (Fsp3) is 0.833. The van der Waals surface area contributed by atoms with Crippen molar-refractivity contribution < 1.29 is 14.7 Å². The van der Waals surface area contributed by atoms with E-state index in [1.165, 1.54) is 0 Å². The lowest BCUT2D eigenvalue weighted by atomic mass is 10.1. The van der Waals surface area contributed by atoms with E-state index in [4.69, 9.17) is 10.8 Å². The number of nitrogens with zero attached hydrogens (tertiary/aromatic N) is 1. The highest BCUT2D eigenvalue weighted by Gasteiger charge is 2.24. The van der Waals surface area contributed by atoms with Gasteiger partial charge in [0, 0.05) is 12.6 Å². The first-order valence-corrected chi connectivity index (χ1v) is 6.21. The molecule has 1 amide bonds. The summed E-state index contributed by atoms with van der Waals surface area (Å²) in [4.78, 5) is 24.2. The number of aliphatic carboxylic acids is 1. The van der Waals surface area contributed by atoms with Crippen LogP contribution in [0.4, 0.5) is 0 Å². The number of nitrogens with two attached hydrogens (primary N) is 1. The Balaban J connectivity index is 4.42. The molecule has 17 heavy (non-hydrogen) atoms. The largest absolute Gasteiger partial charge is 0.481 e. The number of hydrogen-bond donors (Lipinski definition) is 2. The van der Waals surface area contributed by atoms with Crippen molar-refractivity contribution in [2.24, 2.45) is 5.73 Å². The zero-order chi connectivity index (χ0) is 13.4. The summed E-state index contributed by atoms with van der Waals surface area (Å²) >= 11 is 0. The number of carbonyl (C=O) groups is 2. The van der Waals surface area contributed by atoms with E-state index in [1.807, 2.05) is 13.8 Å². The van der Waals surface area contributed by atoms with E-state index in [0.29, 0.717) is 13.0 Å². The first-order valence-electron chi connectivity index (χ1n) is 6.21. The molecular formula is C12H24N2O3. The van der Waals surface area contributed by atoms with E-state index >= 15 is 0 Å². The molecule has 0 spiro atoms. The van der Waals surface area contributed by atoms with Gasteiger partial charge in [-0.1, -0.05) is 19.8 Å². The molecule has 0 aliphatic heterocycles. The molecule has 0 aromatic carbocycles. The second-order valence-corrected chi connectivity index (χ2v) is 4.32. The highest BCUT2D eigenvalue weighted by Crippen LogP contribution is 2.09. The molecule has 0 aliphatic rings. The average molecular weight is 244 g/mol. The second kappa shape index (κ2) is 8.06. The van der Waals surface area contributed by atoms with Crippen LogP contribution in [-0.2, 0) is 9.59 Å². The van der Waals surface area contributed by atoms with Crippen LogP contribution in [0.3, 0.4) is 0 Å². The molecule has 2 unspecified atom stereocenters. The molecule has 0 saturated carbocycles. The standard InChI is InChI=1S/C12H24N2O3/c1-4-6-7-10(13)12(17)14(5-2)9(3)8-11(15)16/h9-10H,4-8,13H2,1-3H3,(H,15,16). The third kappa shape index (κ3) is 5.68. The zero-order valence-electron chi connectivity index (χ0n) is 11.0. The molecule has 0 fully saturated rings. The minimum Gasteiger partial charge on any atom is -0.481 e. The van der Waals surface area contributed by atoms with Crippen molar-refractivity contribution in [2.75, 3.05) is 6.54 Å². The van der Waals surface area contributed by atoms with Gasteiger partial charge in [0.05, 0.1) is 12.5 Å². The number of carbonyl (C=O) groups excluding carboxylic acids is 1. The van der Waals surface area contributed by atoms with E-state index in [1.54, 1.807) is 11.8 Å². The Hall–Kier alpha value is -1.10. The van der Waals surface area contributed by atoms with Crippen molar-refractivity contribution in [3.63, 3.8) is 0 Å². The Morgan fingerprint density at radius 1 is 1.35 bits per heavy atom. The first-order chi connectivity index (χ1) is 7.93. The fourth-order valence-corrected chi connectivity index (χ4v) is 1.81. The zero-order valence-corrected chi connectivity index (χ0v) is 11.0. The van der Waals surface area contributed by atoms with E-state index in [0.717, 1.165) is 12.8 Å². The predicted molar refractivity (Wildman–Crippen MR) is 66.6 cm³/mol. The Morgan fingerprint density at radius 3 is 2.35 bits per heavy atom. The van der Waals surface area contributed by atoms with E-state index in [-0.39, 0.29) is 18.4 Å². The highest BCUT2D eigenvalue weighted by atomic mass is 16.4. The predicted octanol–water partition coefficient (Wildman–Crippen LogP) is 1.22. The minimum atomic E-state index is -0.897. The fourth-order valence-electron chi connectivity index (χ4n) is 1.81. The molecule has 0 aromatic heterocycles. The number of rotatable bonds is 8. The van der Waals surface area contributed by atoms with Gasteiger partial charge in [-0.2, -0.15) is 0 Å². The van der Waals surface area contributed by atoms with Crippen LogP contribution in [0.25, 0.3) is 0 Å². The summed E-state index contributed by atoms with van der Waals surface area (Å²) in [6, 6.07) is -0.816. The summed E-state index contributed by atoms with van der Waals surface area (Å²) in [5.41, 5.74) is 5.81. The molecule has 0 radical (unpaired) electrons. The van der Waals surface area contributed by atoms with Crippen LogP contribution in [0.15, 0.2) is 0 Å². The molecule has 5 nitrogen and oxygen atoms in total. The molecule has 0 bridgehead atoms. The van der Waals surface area contributed by atoms with Crippen LogP contribution in [0.2, 0.25) is 0 Å². The molecule has 0 aromatic rings. The lowest BCUT2D eigenvalue weighted by Crippen LogP contribution is -2.48. The average Bonchev–Trinajstić information content (AvgIpc) is 2.25. The molecule has 0 heterocycles. The van der Waals surface area contributed by atoms with Crippen molar-refractivity contribution in [1.29, 1.82) is 0 Å². The first kappa shape index (κ1) is 15.9. The SMILES string of the molecule is CCCCC(N)C(=O)N(CC)C(C)CC(=O)O. The summed E-state index contributed by atoms with van der Waals surface area (Å²) in [6.45, 7) is 6.11. The lowest BCUT2D eigenvalue weighted by molar-refractivity contribution is -0.140. The maximum Gasteiger partial charge on any atom is 0.305 e. The summed E-state index contributed by atoms with van der Waals surface area (Å²) in [5, 5.41) is 8.72. The van der Waals surface area contributed by atoms with Crippen LogP contribution < -0.4 is 5.73 Å². The quantitative estimate of drug-likeness (QED) is 0.672. The van der Waals surface area contributed by atoms with Crippen molar-refractivity contribution in [3.05, 3.63) is 0 Å². The maximum atomic E-state index is 12.0. The Morgan fingerprint density at radius 2 is 1.94 bits per heavy atom. The summed E-state index contributed by atoms with van der Waals surface area (Å²) in [6.07, 6.45) is 2.53. The second-order valence-electron chi connectivity index (χ2n) is 4.32. The topological polar surface area (TPSA) is 83.6 Å². The Bertz CT molecular complexity index is 256. The third-order valence-corrected chi connectivity index (χ3v) is 2.81. The number of carboxylic acids is 1. The van der Waals surface area contributed by atoms with Gasteiger partial charge in [0.1, 0.15) is 0 Å². The maximum absolute atomic E-state index is 12.0. The van der Waals surface area contributed by atoms with Crippen molar-refractivity contribution in [3.8, 4) is 0 Å². The number of unbranched alkanes of at least 4 members (excludes halogenated alkanes) is 1. The Kier molecular flexibility index (Phi) is 7.54. The summed E-state index contributed by atoms with van der Waals surface area (Å²) in [5.74, 6) is -1.04. The number of likely N-dealkylation sites (N-methyl/N-ethyl adjacent to an activating group) is 1. The van der Waals surface area contributed by atoms with Gasteiger partial charge >= 0.3 is 5.97 Å². The van der Waals surface area contributed by atoms with Crippen molar-refractivity contribution in [1.82, 2.24) is 4.90 Å². The summed E-state index contributed by atoms with van der Waals surface area (Å²) in [7, 11) is 0. The summed E-state index contributed by atoms with van der Waals surface area (Å²) < 4.78 is 0. The molecule has 100 valence electrons. The van der Waals surface area contributed by atoms with Crippen molar-refractivity contribution in [2.45, 2.75) is 58.5 Å². The molecule has 0 saturated heterocycles. The highest BCUT2D eigenvalue weighted by molar-refractivity contribution is 5.82. The number of hydrogen-bond acceptors (Lipinski definition) is 3. The van der Waals surface area contributed by atoms with Crippen molar-refractivity contribution >= 4 is 11.9 Å². The number of carboxylic acid groups (broad SMARTS) is 1. The smallest absolute Gasteiger partial charge is 0.305 e. The number of amides is 1. The minimum absolute atomic E-state index is 0.0416. The molecule has 2 atom stereocenters. The lowest BCUT2D eigenvalue weighted by Gasteiger charge is -2.29. The molecule has 3 N–H and O–H groups in total. The van der Waals surface area contributed by atoms with Gasteiger partial charge in [0.2, 0.25) is 5.91 Å². The molecule has 0 rings (SSSR count). The van der Waals surface area contributed by atoms with Gasteiger partial charge in [-0.25, -0.2) is 0 Å². The van der Waals surface area contributed by atoms with Crippen LogP contribution in [0.5, 0.6) is 0 Å². The van der Waals surface area contributed by atoms with Crippen LogP contribution >= 0.6 is 0 Å². The molecular weight excluding hydrogens is 220 g/mol. The van der Waals surface area contributed by atoms with Gasteiger partial charge in [-0.3, -0.25) is 9.59 Å². The third-order valence-electron chi connectivity index (χ3n) is 2.81. The van der Waals surface area contributed by atoms with Gasteiger partial charge < -0.3 is 15.7 Å².